The Morgan fingerprint density at radius 2 is 2.25 bits per heavy atom. The van der Waals surface area contributed by atoms with Gasteiger partial charge < -0.3 is 5.43 Å². The van der Waals surface area contributed by atoms with Gasteiger partial charge in [0.2, 0.25) is 0 Å². The molecule has 1 rings (SSSR count). The number of rotatable bonds is 6. The summed E-state index contributed by atoms with van der Waals surface area (Å²) in [4.78, 5) is 11.1. The fourth-order valence-corrected chi connectivity index (χ4v) is 2.27. The van der Waals surface area contributed by atoms with Crippen LogP contribution in [0.4, 0.5) is 11.4 Å². The molecule has 3 N–H and O–H groups in total. The van der Waals surface area contributed by atoms with Crippen LogP contribution in [0, 0.1) is 10.1 Å². The van der Waals surface area contributed by atoms with Gasteiger partial charge in [0.25, 0.3) is 5.69 Å². The molecular weight excluding hydrogens is 226 g/mol. The van der Waals surface area contributed by atoms with Gasteiger partial charge in [-0.05, 0) is 18.2 Å². The second-order valence-electron chi connectivity index (χ2n) is 3.32. The summed E-state index contributed by atoms with van der Waals surface area (Å²) in [6.07, 6.45) is 2.21. The van der Waals surface area contributed by atoms with E-state index >= 15 is 0 Å². The Labute approximate surface area is 98.5 Å². The molecule has 0 aliphatic carbocycles. The number of hydrazine groups is 1. The van der Waals surface area contributed by atoms with Gasteiger partial charge >= 0.3 is 0 Å². The van der Waals surface area contributed by atoms with Crippen LogP contribution in [-0.4, -0.2) is 10.7 Å². The number of nitrogen functional groups attached to an aromatic ring is 1. The summed E-state index contributed by atoms with van der Waals surface area (Å²) in [5.41, 5.74) is 3.06. The molecule has 88 valence electrons. The van der Waals surface area contributed by atoms with Gasteiger partial charge in [-0.1, -0.05) is 13.3 Å². The number of anilines is 1. The average molecular weight is 241 g/mol. The average Bonchev–Trinajstić information content (AvgIpc) is 2.29. The van der Waals surface area contributed by atoms with E-state index < -0.39 is 4.92 Å². The van der Waals surface area contributed by atoms with E-state index in [1.807, 2.05) is 6.07 Å². The molecule has 0 spiro atoms. The third-order valence-electron chi connectivity index (χ3n) is 2.04. The number of nitrogens with two attached hydrogens (primary N) is 1. The lowest BCUT2D eigenvalue weighted by atomic mass is 10.3. The highest BCUT2D eigenvalue weighted by molar-refractivity contribution is 7.99. The molecule has 0 saturated heterocycles. The molecule has 0 atom stereocenters. The van der Waals surface area contributed by atoms with Crippen molar-refractivity contribution < 1.29 is 4.92 Å². The molecule has 0 unspecified atom stereocenters. The Balaban J connectivity index is 2.82. The van der Waals surface area contributed by atoms with E-state index in [1.165, 1.54) is 6.07 Å². The van der Waals surface area contributed by atoms with E-state index in [0.717, 1.165) is 23.5 Å². The SMILES string of the molecule is CCCCSc1cc(NN)cc([N+](=O)[O-])c1. The minimum atomic E-state index is -0.412. The predicted octanol–water partition coefficient (Wildman–Crippen LogP) is 2.77. The highest BCUT2D eigenvalue weighted by atomic mass is 32.2. The standard InChI is InChI=1S/C10H15N3O2S/c1-2-3-4-16-10-6-8(12-11)5-9(7-10)13(14)15/h5-7,12H,2-4,11H2,1H3. The summed E-state index contributed by atoms with van der Waals surface area (Å²) in [7, 11) is 0. The van der Waals surface area contributed by atoms with Crippen molar-refractivity contribution in [3.63, 3.8) is 0 Å². The normalized spacial score (nSPS) is 10.1. The summed E-state index contributed by atoms with van der Waals surface area (Å²) in [5, 5.41) is 10.7. The number of nitrogens with zero attached hydrogens (tertiary/aromatic N) is 1. The van der Waals surface area contributed by atoms with Gasteiger partial charge in [-0.2, -0.15) is 0 Å². The lowest BCUT2D eigenvalue weighted by Gasteiger charge is -2.04. The Hall–Kier alpha value is -1.27. The number of nitro benzene ring substituents is 1. The molecule has 1 aromatic rings. The highest BCUT2D eigenvalue weighted by Gasteiger charge is 2.09. The van der Waals surface area contributed by atoms with Crippen molar-refractivity contribution in [2.45, 2.75) is 24.7 Å². The van der Waals surface area contributed by atoms with Gasteiger partial charge in [-0.25, -0.2) is 0 Å². The third-order valence-corrected chi connectivity index (χ3v) is 3.10. The lowest BCUT2D eigenvalue weighted by molar-refractivity contribution is -0.385. The monoisotopic (exact) mass is 241 g/mol. The number of non-ortho nitro benzene ring substituents is 1. The Kier molecular flexibility index (Phi) is 5.07. The first-order chi connectivity index (χ1) is 7.67. The molecule has 0 aliphatic heterocycles. The van der Waals surface area contributed by atoms with Crippen molar-refractivity contribution >= 4 is 23.1 Å². The minimum absolute atomic E-state index is 0.0643. The van der Waals surface area contributed by atoms with Crippen LogP contribution in [0.3, 0.4) is 0 Å². The van der Waals surface area contributed by atoms with Crippen LogP contribution in [-0.2, 0) is 0 Å². The lowest BCUT2D eigenvalue weighted by Crippen LogP contribution is -2.07. The minimum Gasteiger partial charge on any atom is -0.324 e. The number of thioether (sulfide) groups is 1. The van der Waals surface area contributed by atoms with E-state index in [2.05, 4.69) is 12.3 Å². The Morgan fingerprint density at radius 1 is 1.50 bits per heavy atom. The molecule has 0 bridgehead atoms. The quantitative estimate of drug-likeness (QED) is 0.263. The van der Waals surface area contributed by atoms with Crippen molar-refractivity contribution in [2.24, 2.45) is 5.84 Å². The summed E-state index contributed by atoms with van der Waals surface area (Å²) in [5.74, 6) is 6.22. The first kappa shape index (κ1) is 12.8. The third kappa shape index (κ3) is 3.71. The second-order valence-corrected chi connectivity index (χ2v) is 4.49. The molecular formula is C10H15N3O2S. The molecule has 5 nitrogen and oxygen atoms in total. The largest absolute Gasteiger partial charge is 0.324 e. The van der Waals surface area contributed by atoms with Gasteiger partial charge in [0.05, 0.1) is 10.6 Å². The van der Waals surface area contributed by atoms with Crippen molar-refractivity contribution in [1.82, 2.24) is 0 Å². The number of unbranched alkanes of at least 4 members (excludes halogenated alkanes) is 1. The van der Waals surface area contributed by atoms with Gasteiger partial charge in [0.1, 0.15) is 0 Å². The zero-order chi connectivity index (χ0) is 12.0. The number of nitrogens with one attached hydrogen (secondary N) is 1. The second kappa shape index (κ2) is 6.34. The number of hydrogen-bond donors (Lipinski definition) is 2. The van der Waals surface area contributed by atoms with E-state index in [0.29, 0.717) is 5.69 Å². The van der Waals surface area contributed by atoms with Crippen molar-refractivity contribution in [3.8, 4) is 0 Å². The smallest absolute Gasteiger partial charge is 0.272 e. The zero-order valence-corrected chi connectivity index (χ0v) is 9.92. The fourth-order valence-electron chi connectivity index (χ4n) is 1.19. The Morgan fingerprint density at radius 3 is 2.81 bits per heavy atom. The molecule has 6 heteroatoms. The van der Waals surface area contributed by atoms with Gasteiger partial charge in [-0.15, -0.1) is 11.8 Å². The van der Waals surface area contributed by atoms with Crippen LogP contribution < -0.4 is 11.3 Å². The van der Waals surface area contributed by atoms with Crippen molar-refractivity contribution in [3.05, 3.63) is 28.3 Å². The van der Waals surface area contributed by atoms with Gasteiger partial charge in [-0.3, -0.25) is 16.0 Å². The first-order valence-corrected chi connectivity index (χ1v) is 6.04. The van der Waals surface area contributed by atoms with Crippen LogP contribution in [0.25, 0.3) is 0 Å². The topological polar surface area (TPSA) is 81.2 Å². The zero-order valence-electron chi connectivity index (χ0n) is 9.10. The molecule has 0 fully saturated rings. The van der Waals surface area contributed by atoms with Gasteiger partial charge in [0.15, 0.2) is 0 Å². The first-order valence-electron chi connectivity index (χ1n) is 5.06. The molecule has 0 amide bonds. The van der Waals surface area contributed by atoms with Crippen molar-refractivity contribution in [1.29, 1.82) is 0 Å². The molecule has 0 aliphatic rings. The fraction of sp³-hybridized carbons (Fsp3) is 0.400. The maximum absolute atomic E-state index is 10.7. The van der Waals surface area contributed by atoms with Crippen LogP contribution in [0.1, 0.15) is 19.8 Å². The molecule has 16 heavy (non-hydrogen) atoms. The molecule has 0 aromatic heterocycles. The van der Waals surface area contributed by atoms with E-state index in [1.54, 1.807) is 17.8 Å². The summed E-state index contributed by atoms with van der Waals surface area (Å²) in [6, 6.07) is 4.80. The van der Waals surface area contributed by atoms with Gasteiger partial charge in [0, 0.05) is 17.0 Å². The number of hydrogen-bond acceptors (Lipinski definition) is 5. The molecule has 0 saturated carbocycles. The van der Waals surface area contributed by atoms with Crippen LogP contribution in [0.5, 0.6) is 0 Å². The number of benzene rings is 1. The van der Waals surface area contributed by atoms with Crippen molar-refractivity contribution in [2.75, 3.05) is 11.2 Å². The molecule has 0 heterocycles. The maximum atomic E-state index is 10.7. The Bertz CT molecular complexity index is 371. The van der Waals surface area contributed by atoms with Crippen LogP contribution in [0.15, 0.2) is 23.1 Å². The highest BCUT2D eigenvalue weighted by Crippen LogP contribution is 2.28. The summed E-state index contributed by atoms with van der Waals surface area (Å²) < 4.78 is 0. The maximum Gasteiger partial charge on any atom is 0.272 e. The predicted molar refractivity (Wildman–Crippen MR) is 66.5 cm³/mol. The van der Waals surface area contributed by atoms with Crippen LogP contribution >= 0.6 is 11.8 Å². The van der Waals surface area contributed by atoms with E-state index in [4.69, 9.17) is 5.84 Å². The van der Waals surface area contributed by atoms with Crippen LogP contribution in [0.2, 0.25) is 0 Å². The number of nitro groups is 1. The van der Waals surface area contributed by atoms with E-state index in [-0.39, 0.29) is 5.69 Å². The molecule has 1 aromatic carbocycles. The summed E-state index contributed by atoms with van der Waals surface area (Å²) in [6.45, 7) is 2.11. The molecule has 0 radical (unpaired) electrons. The van der Waals surface area contributed by atoms with E-state index in [9.17, 15) is 10.1 Å². The summed E-state index contributed by atoms with van der Waals surface area (Å²) >= 11 is 1.61.